The molecule has 2 heterocycles. The quantitative estimate of drug-likeness (QED) is 0.435. The van der Waals surface area contributed by atoms with Crippen molar-refractivity contribution < 1.29 is 8.42 Å². The Hall–Kier alpha value is -3.44. The zero-order valence-electron chi connectivity index (χ0n) is 14.9. The van der Waals surface area contributed by atoms with Crippen LogP contribution in [0.3, 0.4) is 0 Å². The highest BCUT2D eigenvalue weighted by atomic mass is 32.2. The highest BCUT2D eigenvalue weighted by Crippen LogP contribution is 2.34. The first kappa shape index (κ1) is 16.7. The van der Waals surface area contributed by atoms with Gasteiger partial charge in [-0.25, -0.2) is 12.4 Å². The molecule has 2 aromatic heterocycles. The third-order valence-corrected chi connectivity index (χ3v) is 6.61. The van der Waals surface area contributed by atoms with Gasteiger partial charge in [-0.05, 0) is 24.3 Å². The molecule has 0 atom stereocenters. The van der Waals surface area contributed by atoms with E-state index < -0.39 is 10.0 Å². The summed E-state index contributed by atoms with van der Waals surface area (Å²) in [6, 6.07) is 27.9. The minimum Gasteiger partial charge on any atom is -0.254 e. The van der Waals surface area contributed by atoms with Gasteiger partial charge in [0.15, 0.2) is 0 Å². The Labute approximate surface area is 162 Å². The van der Waals surface area contributed by atoms with Gasteiger partial charge in [0.2, 0.25) is 0 Å². The molecule has 5 aromatic rings. The smallest absolute Gasteiger partial charge is 0.254 e. The van der Waals surface area contributed by atoms with Crippen molar-refractivity contribution in [1.29, 1.82) is 0 Å². The summed E-state index contributed by atoms with van der Waals surface area (Å²) in [7, 11) is -3.75. The summed E-state index contributed by atoms with van der Waals surface area (Å²) in [4.78, 5) is 4.81. The molecule has 5 heteroatoms. The Morgan fingerprint density at radius 1 is 0.679 bits per heavy atom. The predicted molar refractivity (Wildman–Crippen MR) is 112 cm³/mol. The second-order valence-electron chi connectivity index (χ2n) is 6.55. The maximum absolute atomic E-state index is 13.4. The SMILES string of the molecule is O=S(=O)(c1ccccc1)n1c2ccccc2c2cc(-c3ccccc3)ncc21. The van der Waals surface area contributed by atoms with Gasteiger partial charge in [-0.15, -0.1) is 0 Å². The van der Waals surface area contributed by atoms with E-state index in [4.69, 9.17) is 0 Å². The van der Waals surface area contributed by atoms with Gasteiger partial charge < -0.3 is 0 Å². The molecule has 0 bridgehead atoms. The van der Waals surface area contributed by atoms with Crippen molar-refractivity contribution in [1.82, 2.24) is 8.96 Å². The van der Waals surface area contributed by atoms with Crippen molar-refractivity contribution >= 4 is 31.8 Å². The van der Waals surface area contributed by atoms with Crippen LogP contribution in [0.25, 0.3) is 33.1 Å². The second-order valence-corrected chi connectivity index (χ2v) is 8.34. The van der Waals surface area contributed by atoms with Gasteiger partial charge in [0.05, 0.1) is 27.8 Å². The first-order chi connectivity index (χ1) is 13.7. The molecule has 3 aromatic carbocycles. The van der Waals surface area contributed by atoms with E-state index in [0.29, 0.717) is 11.0 Å². The molecule has 136 valence electrons. The molecular formula is C23H16N2O2S. The van der Waals surface area contributed by atoms with Gasteiger partial charge in [-0.2, -0.15) is 0 Å². The van der Waals surface area contributed by atoms with Crippen molar-refractivity contribution in [3.63, 3.8) is 0 Å². The number of nitrogens with zero attached hydrogens (tertiary/aromatic N) is 2. The van der Waals surface area contributed by atoms with Crippen LogP contribution < -0.4 is 0 Å². The van der Waals surface area contributed by atoms with Crippen LogP contribution >= 0.6 is 0 Å². The maximum atomic E-state index is 13.4. The lowest BCUT2D eigenvalue weighted by molar-refractivity contribution is 0.590. The van der Waals surface area contributed by atoms with E-state index in [1.807, 2.05) is 60.7 Å². The standard InChI is InChI=1S/C23H16N2O2S/c26-28(27,18-11-5-2-6-12-18)25-22-14-8-7-13-19(22)20-15-21(24-16-23(20)25)17-9-3-1-4-10-17/h1-16H. The van der Waals surface area contributed by atoms with Crippen molar-refractivity contribution in [3.05, 3.63) is 97.2 Å². The van der Waals surface area contributed by atoms with Crippen molar-refractivity contribution in [3.8, 4) is 11.3 Å². The highest BCUT2D eigenvalue weighted by Gasteiger charge is 2.23. The largest absolute Gasteiger partial charge is 0.268 e. The number of hydrogen-bond donors (Lipinski definition) is 0. The molecular weight excluding hydrogens is 368 g/mol. The molecule has 0 saturated carbocycles. The summed E-state index contributed by atoms with van der Waals surface area (Å²) in [5.41, 5.74) is 3.03. The molecule has 0 radical (unpaired) electrons. The molecule has 0 unspecified atom stereocenters. The summed E-state index contributed by atoms with van der Waals surface area (Å²) in [6.07, 6.45) is 1.65. The molecule has 4 nitrogen and oxygen atoms in total. The number of para-hydroxylation sites is 1. The number of fused-ring (bicyclic) bond motifs is 3. The normalized spacial score (nSPS) is 11.9. The van der Waals surface area contributed by atoms with E-state index in [0.717, 1.165) is 22.0 Å². The van der Waals surface area contributed by atoms with Crippen LogP contribution in [0.5, 0.6) is 0 Å². The van der Waals surface area contributed by atoms with E-state index in [1.165, 1.54) is 3.97 Å². The molecule has 0 aliphatic heterocycles. The Balaban J connectivity index is 1.85. The number of hydrogen-bond acceptors (Lipinski definition) is 3. The molecule has 0 N–H and O–H groups in total. The van der Waals surface area contributed by atoms with Gasteiger partial charge in [0.1, 0.15) is 0 Å². The number of pyridine rings is 1. The predicted octanol–water partition coefficient (Wildman–Crippen LogP) is 5.09. The average Bonchev–Trinajstić information content (AvgIpc) is 3.09. The van der Waals surface area contributed by atoms with Gasteiger partial charge in [-0.3, -0.25) is 4.98 Å². The summed E-state index contributed by atoms with van der Waals surface area (Å²) in [5, 5.41) is 1.75. The molecule has 0 fully saturated rings. The maximum Gasteiger partial charge on any atom is 0.268 e. The van der Waals surface area contributed by atoms with Gasteiger partial charge in [0.25, 0.3) is 10.0 Å². The van der Waals surface area contributed by atoms with Crippen LogP contribution in [-0.2, 0) is 10.0 Å². The fourth-order valence-electron chi connectivity index (χ4n) is 3.56. The lowest BCUT2D eigenvalue weighted by atomic mass is 10.1. The van der Waals surface area contributed by atoms with Crippen LogP contribution in [-0.4, -0.2) is 17.4 Å². The molecule has 5 rings (SSSR count). The minimum atomic E-state index is -3.75. The monoisotopic (exact) mass is 384 g/mol. The number of benzene rings is 3. The zero-order valence-corrected chi connectivity index (χ0v) is 15.7. The van der Waals surface area contributed by atoms with Crippen molar-refractivity contribution in [2.24, 2.45) is 0 Å². The highest BCUT2D eigenvalue weighted by molar-refractivity contribution is 7.90. The Bertz CT molecular complexity index is 1410. The average molecular weight is 384 g/mol. The van der Waals surface area contributed by atoms with E-state index >= 15 is 0 Å². The van der Waals surface area contributed by atoms with E-state index in [1.54, 1.807) is 36.5 Å². The Morgan fingerprint density at radius 3 is 2.07 bits per heavy atom. The Morgan fingerprint density at radius 2 is 1.32 bits per heavy atom. The lowest BCUT2D eigenvalue weighted by Gasteiger charge is -2.09. The fraction of sp³-hybridized carbons (Fsp3) is 0. The van der Waals surface area contributed by atoms with Crippen LogP contribution in [0.4, 0.5) is 0 Å². The van der Waals surface area contributed by atoms with Crippen molar-refractivity contribution in [2.45, 2.75) is 4.90 Å². The topological polar surface area (TPSA) is 52.0 Å². The van der Waals surface area contributed by atoms with Crippen LogP contribution in [0.2, 0.25) is 0 Å². The Kier molecular flexibility index (Phi) is 3.77. The van der Waals surface area contributed by atoms with Gasteiger partial charge >= 0.3 is 0 Å². The lowest BCUT2D eigenvalue weighted by Crippen LogP contribution is -2.12. The van der Waals surface area contributed by atoms with E-state index in [2.05, 4.69) is 4.98 Å². The first-order valence-electron chi connectivity index (χ1n) is 8.91. The number of aromatic nitrogens is 2. The summed E-state index contributed by atoms with van der Waals surface area (Å²) in [5.74, 6) is 0. The summed E-state index contributed by atoms with van der Waals surface area (Å²) < 4.78 is 28.2. The van der Waals surface area contributed by atoms with Crippen LogP contribution in [0.15, 0.2) is 102 Å². The van der Waals surface area contributed by atoms with Gasteiger partial charge in [-0.1, -0.05) is 66.7 Å². The van der Waals surface area contributed by atoms with Gasteiger partial charge in [0, 0.05) is 16.3 Å². The third kappa shape index (κ3) is 2.52. The zero-order chi connectivity index (χ0) is 19.1. The number of rotatable bonds is 3. The fourth-order valence-corrected chi connectivity index (χ4v) is 5.09. The first-order valence-corrected chi connectivity index (χ1v) is 10.4. The molecule has 28 heavy (non-hydrogen) atoms. The van der Waals surface area contributed by atoms with E-state index in [-0.39, 0.29) is 4.90 Å². The second kappa shape index (κ2) is 6.32. The molecule has 0 aliphatic rings. The third-order valence-electron chi connectivity index (χ3n) is 4.87. The van der Waals surface area contributed by atoms with Crippen LogP contribution in [0, 0.1) is 0 Å². The summed E-state index contributed by atoms with van der Waals surface area (Å²) >= 11 is 0. The van der Waals surface area contributed by atoms with Crippen molar-refractivity contribution in [2.75, 3.05) is 0 Å². The van der Waals surface area contributed by atoms with E-state index in [9.17, 15) is 8.42 Å². The molecule has 0 spiro atoms. The molecule has 0 aliphatic carbocycles. The van der Waals surface area contributed by atoms with Crippen LogP contribution in [0.1, 0.15) is 0 Å². The molecule has 0 amide bonds. The minimum absolute atomic E-state index is 0.254. The molecule has 0 saturated heterocycles. The summed E-state index contributed by atoms with van der Waals surface area (Å²) in [6.45, 7) is 0.